The van der Waals surface area contributed by atoms with Gasteiger partial charge in [-0.25, -0.2) is 4.39 Å². The predicted molar refractivity (Wildman–Crippen MR) is 84.6 cm³/mol. The fourth-order valence-electron chi connectivity index (χ4n) is 2.30. The van der Waals surface area contributed by atoms with Crippen LogP contribution in [0.25, 0.3) is 0 Å². The number of aryl methyl sites for hydroxylation is 1. The van der Waals surface area contributed by atoms with Gasteiger partial charge < -0.3 is 9.64 Å². The van der Waals surface area contributed by atoms with Gasteiger partial charge >= 0.3 is 0 Å². The Morgan fingerprint density at radius 2 is 1.82 bits per heavy atom. The van der Waals surface area contributed by atoms with E-state index in [-0.39, 0.29) is 17.8 Å². The Morgan fingerprint density at radius 1 is 1.18 bits per heavy atom. The third-order valence-electron chi connectivity index (χ3n) is 3.91. The lowest BCUT2D eigenvalue weighted by atomic mass is 10.1. The third-order valence-corrected chi connectivity index (χ3v) is 3.91. The number of ether oxygens (including phenoxy) is 1. The Balaban J connectivity index is 2.22. The molecule has 1 amide bonds. The van der Waals surface area contributed by atoms with Crippen LogP contribution >= 0.6 is 0 Å². The summed E-state index contributed by atoms with van der Waals surface area (Å²) in [5.41, 5.74) is 2.43. The molecule has 116 valence electrons. The van der Waals surface area contributed by atoms with Crippen molar-refractivity contribution in [3.63, 3.8) is 0 Å². The van der Waals surface area contributed by atoms with Crippen molar-refractivity contribution in [3.05, 3.63) is 65.0 Å². The molecule has 22 heavy (non-hydrogen) atoms. The highest BCUT2D eigenvalue weighted by molar-refractivity contribution is 5.94. The van der Waals surface area contributed by atoms with Crippen LogP contribution < -0.4 is 4.74 Å². The molecule has 2 aromatic rings. The monoisotopic (exact) mass is 301 g/mol. The first kappa shape index (κ1) is 16.0. The lowest BCUT2D eigenvalue weighted by Crippen LogP contribution is -2.29. The fourth-order valence-corrected chi connectivity index (χ4v) is 2.30. The number of halogens is 1. The van der Waals surface area contributed by atoms with Gasteiger partial charge in [0.1, 0.15) is 11.6 Å². The smallest absolute Gasteiger partial charge is 0.254 e. The van der Waals surface area contributed by atoms with Crippen LogP contribution in [0.3, 0.4) is 0 Å². The van der Waals surface area contributed by atoms with Gasteiger partial charge in [-0.2, -0.15) is 0 Å². The molecule has 3 nitrogen and oxygen atoms in total. The molecule has 4 heteroatoms. The molecule has 0 saturated heterocycles. The highest BCUT2D eigenvalue weighted by Gasteiger charge is 2.19. The summed E-state index contributed by atoms with van der Waals surface area (Å²) >= 11 is 0. The van der Waals surface area contributed by atoms with Gasteiger partial charge in [0.2, 0.25) is 0 Å². The fraction of sp³-hybridized carbons (Fsp3) is 0.278. The highest BCUT2D eigenvalue weighted by atomic mass is 19.1. The first-order valence-corrected chi connectivity index (χ1v) is 7.11. The second-order valence-electron chi connectivity index (χ2n) is 5.33. The minimum absolute atomic E-state index is 0.102. The summed E-state index contributed by atoms with van der Waals surface area (Å²) in [6.45, 7) is 3.84. The van der Waals surface area contributed by atoms with E-state index < -0.39 is 0 Å². The largest absolute Gasteiger partial charge is 0.496 e. The maximum atomic E-state index is 13.0. The Morgan fingerprint density at radius 3 is 2.41 bits per heavy atom. The second-order valence-corrected chi connectivity index (χ2v) is 5.33. The summed E-state index contributed by atoms with van der Waals surface area (Å²) in [7, 11) is 3.32. The number of nitrogens with zero attached hydrogens (tertiary/aromatic N) is 1. The topological polar surface area (TPSA) is 29.5 Å². The number of rotatable bonds is 4. The Hall–Kier alpha value is -2.36. The maximum absolute atomic E-state index is 13.0. The summed E-state index contributed by atoms with van der Waals surface area (Å²) in [5, 5.41) is 0. The maximum Gasteiger partial charge on any atom is 0.254 e. The molecule has 0 aromatic heterocycles. The van der Waals surface area contributed by atoms with Crippen molar-refractivity contribution in [2.45, 2.75) is 19.9 Å². The molecule has 0 heterocycles. The van der Waals surface area contributed by atoms with E-state index in [4.69, 9.17) is 4.74 Å². The van der Waals surface area contributed by atoms with E-state index in [1.807, 2.05) is 19.9 Å². The minimum Gasteiger partial charge on any atom is -0.496 e. The van der Waals surface area contributed by atoms with Crippen molar-refractivity contribution in [2.75, 3.05) is 14.2 Å². The molecule has 0 aliphatic carbocycles. The van der Waals surface area contributed by atoms with Crippen molar-refractivity contribution in [1.82, 2.24) is 4.90 Å². The molecule has 0 fully saturated rings. The van der Waals surface area contributed by atoms with Gasteiger partial charge in [-0.1, -0.05) is 18.2 Å². The summed E-state index contributed by atoms with van der Waals surface area (Å²) in [6, 6.07) is 11.4. The van der Waals surface area contributed by atoms with Crippen LogP contribution in [0.1, 0.15) is 34.5 Å². The lowest BCUT2D eigenvalue weighted by molar-refractivity contribution is 0.0742. The van der Waals surface area contributed by atoms with E-state index >= 15 is 0 Å². The number of hydrogen-bond acceptors (Lipinski definition) is 2. The van der Waals surface area contributed by atoms with Gasteiger partial charge in [0, 0.05) is 12.6 Å². The van der Waals surface area contributed by atoms with Crippen LogP contribution in [-0.4, -0.2) is 25.0 Å². The molecule has 0 saturated carbocycles. The first-order valence-electron chi connectivity index (χ1n) is 7.11. The average Bonchev–Trinajstić information content (AvgIpc) is 2.54. The van der Waals surface area contributed by atoms with Gasteiger partial charge in [-0.3, -0.25) is 4.79 Å². The third kappa shape index (κ3) is 3.27. The van der Waals surface area contributed by atoms with Crippen molar-refractivity contribution >= 4 is 5.91 Å². The van der Waals surface area contributed by atoms with E-state index in [1.54, 1.807) is 43.3 Å². The molecule has 0 aliphatic rings. The van der Waals surface area contributed by atoms with E-state index in [2.05, 4.69) is 0 Å². The summed E-state index contributed by atoms with van der Waals surface area (Å²) in [6.07, 6.45) is 0. The second kappa shape index (κ2) is 6.60. The van der Waals surface area contributed by atoms with Gasteiger partial charge in [-0.15, -0.1) is 0 Å². The number of benzene rings is 2. The number of carbonyl (C=O) groups is 1. The molecule has 1 atom stereocenters. The normalized spacial score (nSPS) is 11.9. The molecule has 0 radical (unpaired) electrons. The van der Waals surface area contributed by atoms with Gasteiger partial charge in [0.15, 0.2) is 0 Å². The summed E-state index contributed by atoms with van der Waals surface area (Å²) in [5.74, 6) is 0.303. The average molecular weight is 301 g/mol. The SMILES string of the molecule is COc1cc(C(=O)N(C)C(C)c2ccc(F)cc2)ccc1C. The Kier molecular flexibility index (Phi) is 4.81. The molecular formula is C18H20FNO2. The van der Waals surface area contributed by atoms with Crippen LogP contribution in [0.2, 0.25) is 0 Å². The number of hydrogen-bond donors (Lipinski definition) is 0. The lowest BCUT2D eigenvalue weighted by Gasteiger charge is -2.25. The molecule has 1 unspecified atom stereocenters. The van der Waals surface area contributed by atoms with E-state index in [9.17, 15) is 9.18 Å². The molecule has 2 aromatic carbocycles. The van der Waals surface area contributed by atoms with Crippen LogP contribution in [0.5, 0.6) is 5.75 Å². The Bertz CT molecular complexity index is 667. The van der Waals surface area contributed by atoms with Gasteiger partial charge in [0.05, 0.1) is 13.2 Å². The summed E-state index contributed by atoms with van der Waals surface area (Å²) in [4.78, 5) is 14.2. The first-order chi connectivity index (χ1) is 10.4. The number of carbonyl (C=O) groups excluding carboxylic acids is 1. The summed E-state index contributed by atoms with van der Waals surface area (Å²) < 4.78 is 18.3. The molecule has 0 N–H and O–H groups in total. The van der Waals surface area contributed by atoms with Gasteiger partial charge in [-0.05, 0) is 49.2 Å². The molecule has 0 spiro atoms. The zero-order chi connectivity index (χ0) is 16.3. The Labute approximate surface area is 130 Å². The van der Waals surface area contributed by atoms with Crippen molar-refractivity contribution in [2.24, 2.45) is 0 Å². The zero-order valence-corrected chi connectivity index (χ0v) is 13.3. The quantitative estimate of drug-likeness (QED) is 0.855. The predicted octanol–water partition coefficient (Wildman–Crippen LogP) is 3.98. The molecule has 0 aliphatic heterocycles. The van der Waals surface area contributed by atoms with Crippen molar-refractivity contribution in [1.29, 1.82) is 0 Å². The van der Waals surface area contributed by atoms with E-state index in [0.29, 0.717) is 11.3 Å². The van der Waals surface area contributed by atoms with Gasteiger partial charge in [0.25, 0.3) is 5.91 Å². The molecule has 2 rings (SSSR count). The van der Waals surface area contributed by atoms with Crippen molar-refractivity contribution in [3.8, 4) is 5.75 Å². The number of amides is 1. The highest BCUT2D eigenvalue weighted by Crippen LogP contribution is 2.24. The minimum atomic E-state index is -0.284. The zero-order valence-electron chi connectivity index (χ0n) is 13.3. The van der Waals surface area contributed by atoms with Crippen LogP contribution in [-0.2, 0) is 0 Å². The standard InChI is InChI=1S/C18H20FNO2/c1-12-5-6-15(11-17(12)22-4)18(21)20(3)13(2)14-7-9-16(19)10-8-14/h5-11,13H,1-4H3. The van der Waals surface area contributed by atoms with E-state index in [1.165, 1.54) is 12.1 Å². The number of methoxy groups -OCH3 is 1. The van der Waals surface area contributed by atoms with Crippen LogP contribution in [0.4, 0.5) is 4.39 Å². The van der Waals surface area contributed by atoms with Crippen LogP contribution in [0, 0.1) is 12.7 Å². The van der Waals surface area contributed by atoms with Crippen molar-refractivity contribution < 1.29 is 13.9 Å². The molecular weight excluding hydrogens is 281 g/mol. The van der Waals surface area contributed by atoms with E-state index in [0.717, 1.165) is 11.1 Å². The molecule has 0 bridgehead atoms. The van der Waals surface area contributed by atoms with Crippen LogP contribution in [0.15, 0.2) is 42.5 Å².